The number of likely N-dealkylation sites (tertiary alicyclic amines) is 1. The van der Waals surface area contributed by atoms with Gasteiger partial charge in [-0.1, -0.05) is 18.2 Å². The number of benzene rings is 1. The topological polar surface area (TPSA) is 66.6 Å². The normalized spacial score (nSPS) is 18.2. The first-order chi connectivity index (χ1) is 8.16. The van der Waals surface area contributed by atoms with E-state index in [2.05, 4.69) is 4.90 Å². The molecule has 2 rings (SSSR count). The van der Waals surface area contributed by atoms with E-state index < -0.39 is 0 Å². The molecule has 0 atom stereocenters. The molecule has 1 amide bonds. The Morgan fingerprint density at radius 2 is 2.00 bits per heavy atom. The first-order valence-corrected chi connectivity index (χ1v) is 5.95. The average Bonchev–Trinajstić information content (AvgIpc) is 2.32. The van der Waals surface area contributed by atoms with Crippen molar-refractivity contribution >= 4 is 5.91 Å². The average molecular weight is 234 g/mol. The summed E-state index contributed by atoms with van der Waals surface area (Å²) >= 11 is 0. The van der Waals surface area contributed by atoms with Gasteiger partial charge < -0.3 is 10.8 Å². The highest BCUT2D eigenvalue weighted by Gasteiger charge is 2.18. The Bertz CT molecular complexity index is 398. The molecule has 0 saturated carbocycles. The second-order valence-corrected chi connectivity index (χ2v) is 4.53. The molecule has 1 fully saturated rings. The van der Waals surface area contributed by atoms with Crippen LogP contribution in [0.1, 0.15) is 28.8 Å². The van der Waals surface area contributed by atoms with Gasteiger partial charge in [0.25, 0.3) is 0 Å². The maximum atomic E-state index is 11.3. The van der Waals surface area contributed by atoms with E-state index in [9.17, 15) is 9.90 Å². The van der Waals surface area contributed by atoms with Crippen molar-refractivity contribution < 1.29 is 9.90 Å². The minimum absolute atomic E-state index is 0.169. The van der Waals surface area contributed by atoms with E-state index in [4.69, 9.17) is 5.73 Å². The minimum atomic E-state index is -0.377. The van der Waals surface area contributed by atoms with Gasteiger partial charge in [0.1, 0.15) is 0 Å². The van der Waals surface area contributed by atoms with Crippen LogP contribution in [0.3, 0.4) is 0 Å². The fourth-order valence-corrected chi connectivity index (χ4v) is 2.22. The quantitative estimate of drug-likeness (QED) is 0.810. The molecule has 0 bridgehead atoms. The van der Waals surface area contributed by atoms with Gasteiger partial charge in [-0.2, -0.15) is 0 Å². The van der Waals surface area contributed by atoms with Crippen LogP contribution in [-0.4, -0.2) is 35.1 Å². The van der Waals surface area contributed by atoms with Crippen molar-refractivity contribution in [2.75, 3.05) is 13.1 Å². The third kappa shape index (κ3) is 3.05. The molecule has 0 aromatic heterocycles. The summed E-state index contributed by atoms with van der Waals surface area (Å²) in [6.45, 7) is 2.47. The van der Waals surface area contributed by atoms with Crippen LogP contribution in [0, 0.1) is 0 Å². The van der Waals surface area contributed by atoms with Gasteiger partial charge in [0, 0.05) is 25.2 Å². The maximum absolute atomic E-state index is 11.3. The molecular formula is C13H18N2O2. The first-order valence-electron chi connectivity index (χ1n) is 5.95. The largest absolute Gasteiger partial charge is 0.393 e. The van der Waals surface area contributed by atoms with Crippen molar-refractivity contribution in [2.24, 2.45) is 5.73 Å². The van der Waals surface area contributed by atoms with Crippen molar-refractivity contribution in [2.45, 2.75) is 25.5 Å². The zero-order valence-corrected chi connectivity index (χ0v) is 9.80. The van der Waals surface area contributed by atoms with Gasteiger partial charge in [0.15, 0.2) is 0 Å². The summed E-state index contributed by atoms with van der Waals surface area (Å²) in [7, 11) is 0. The predicted octanol–water partition coefficient (Wildman–Crippen LogP) is 0.742. The molecule has 1 heterocycles. The van der Waals surface area contributed by atoms with E-state index in [1.165, 1.54) is 0 Å². The molecular weight excluding hydrogens is 216 g/mol. The molecule has 0 spiro atoms. The van der Waals surface area contributed by atoms with Crippen LogP contribution in [0.15, 0.2) is 24.3 Å². The number of piperidine rings is 1. The molecule has 1 aromatic rings. The van der Waals surface area contributed by atoms with E-state index in [-0.39, 0.29) is 12.0 Å². The lowest BCUT2D eigenvalue weighted by Gasteiger charge is -2.29. The molecule has 0 radical (unpaired) electrons. The first kappa shape index (κ1) is 12.1. The molecule has 0 unspecified atom stereocenters. The highest BCUT2D eigenvalue weighted by atomic mass is 16.3. The number of nitrogens with zero attached hydrogens (tertiary/aromatic N) is 1. The van der Waals surface area contributed by atoms with E-state index in [0.29, 0.717) is 5.56 Å². The number of aliphatic hydroxyl groups excluding tert-OH is 1. The zero-order chi connectivity index (χ0) is 12.3. The third-order valence-corrected chi connectivity index (χ3v) is 3.23. The molecule has 1 aliphatic rings. The van der Waals surface area contributed by atoms with Crippen LogP contribution < -0.4 is 5.73 Å². The van der Waals surface area contributed by atoms with Crippen molar-refractivity contribution in [1.82, 2.24) is 4.90 Å². The highest BCUT2D eigenvalue weighted by Crippen LogP contribution is 2.16. The zero-order valence-electron chi connectivity index (χ0n) is 9.80. The lowest BCUT2D eigenvalue weighted by Crippen LogP contribution is -2.35. The molecule has 0 aliphatic carbocycles. The van der Waals surface area contributed by atoms with Crippen molar-refractivity contribution in [3.05, 3.63) is 35.4 Å². The van der Waals surface area contributed by atoms with Gasteiger partial charge in [0.2, 0.25) is 5.91 Å². The molecule has 92 valence electrons. The molecule has 17 heavy (non-hydrogen) atoms. The van der Waals surface area contributed by atoms with E-state index in [0.717, 1.165) is 38.0 Å². The van der Waals surface area contributed by atoms with Crippen LogP contribution in [0.25, 0.3) is 0 Å². The van der Waals surface area contributed by atoms with Crippen molar-refractivity contribution in [3.8, 4) is 0 Å². The lowest BCUT2D eigenvalue weighted by molar-refractivity contribution is 0.0788. The Balaban J connectivity index is 2.05. The Morgan fingerprint density at radius 1 is 1.35 bits per heavy atom. The van der Waals surface area contributed by atoms with Gasteiger partial charge in [-0.25, -0.2) is 0 Å². The van der Waals surface area contributed by atoms with Crippen LogP contribution in [0.2, 0.25) is 0 Å². The van der Waals surface area contributed by atoms with E-state index in [1.807, 2.05) is 18.2 Å². The Hall–Kier alpha value is -1.39. The Kier molecular flexibility index (Phi) is 3.76. The van der Waals surface area contributed by atoms with Gasteiger partial charge >= 0.3 is 0 Å². The number of hydrogen-bond donors (Lipinski definition) is 2. The lowest BCUT2D eigenvalue weighted by atomic mass is 10.0. The molecule has 4 heteroatoms. The van der Waals surface area contributed by atoms with Gasteiger partial charge in [-0.05, 0) is 24.5 Å². The standard InChI is InChI=1S/C13H18N2O2/c14-13(17)12-4-2-1-3-10(12)9-15-7-5-11(16)6-8-15/h1-4,11,16H,5-9H2,(H2,14,17). The molecule has 3 N–H and O–H groups in total. The third-order valence-electron chi connectivity index (χ3n) is 3.23. The van der Waals surface area contributed by atoms with Gasteiger partial charge in [0.05, 0.1) is 6.10 Å². The number of rotatable bonds is 3. The van der Waals surface area contributed by atoms with Crippen LogP contribution >= 0.6 is 0 Å². The number of carbonyl (C=O) groups is 1. The summed E-state index contributed by atoms with van der Waals surface area (Å²) < 4.78 is 0. The van der Waals surface area contributed by atoms with Crippen molar-refractivity contribution in [1.29, 1.82) is 0 Å². The summed E-state index contributed by atoms with van der Waals surface area (Å²) in [6, 6.07) is 7.44. The minimum Gasteiger partial charge on any atom is -0.393 e. The Labute approximate surface area is 101 Å². The number of nitrogens with two attached hydrogens (primary N) is 1. The number of aliphatic hydroxyl groups is 1. The smallest absolute Gasteiger partial charge is 0.249 e. The Morgan fingerprint density at radius 3 is 2.65 bits per heavy atom. The molecule has 1 aliphatic heterocycles. The van der Waals surface area contributed by atoms with Crippen LogP contribution in [-0.2, 0) is 6.54 Å². The monoisotopic (exact) mass is 234 g/mol. The predicted molar refractivity (Wildman–Crippen MR) is 65.5 cm³/mol. The second-order valence-electron chi connectivity index (χ2n) is 4.53. The van der Waals surface area contributed by atoms with Crippen LogP contribution in [0.4, 0.5) is 0 Å². The fraction of sp³-hybridized carbons (Fsp3) is 0.462. The molecule has 1 saturated heterocycles. The van der Waals surface area contributed by atoms with Crippen LogP contribution in [0.5, 0.6) is 0 Å². The van der Waals surface area contributed by atoms with Crippen molar-refractivity contribution in [3.63, 3.8) is 0 Å². The maximum Gasteiger partial charge on any atom is 0.249 e. The summed E-state index contributed by atoms with van der Waals surface area (Å²) in [5.41, 5.74) is 6.91. The van der Waals surface area contributed by atoms with E-state index in [1.54, 1.807) is 6.07 Å². The summed E-state index contributed by atoms with van der Waals surface area (Å²) in [4.78, 5) is 13.5. The number of hydrogen-bond acceptors (Lipinski definition) is 3. The highest BCUT2D eigenvalue weighted by molar-refractivity contribution is 5.94. The fourth-order valence-electron chi connectivity index (χ4n) is 2.22. The van der Waals surface area contributed by atoms with E-state index >= 15 is 0 Å². The SMILES string of the molecule is NC(=O)c1ccccc1CN1CCC(O)CC1. The van der Waals surface area contributed by atoms with Gasteiger partial charge in [-0.15, -0.1) is 0 Å². The van der Waals surface area contributed by atoms with Gasteiger partial charge in [-0.3, -0.25) is 9.69 Å². The summed E-state index contributed by atoms with van der Waals surface area (Å²) in [5, 5.41) is 9.44. The summed E-state index contributed by atoms with van der Waals surface area (Å²) in [6.07, 6.45) is 1.44. The number of amides is 1. The summed E-state index contributed by atoms with van der Waals surface area (Å²) in [5.74, 6) is -0.377. The molecule has 1 aromatic carbocycles. The number of carbonyl (C=O) groups excluding carboxylic acids is 1. The number of primary amides is 1. The second kappa shape index (κ2) is 5.29. The molecule has 4 nitrogen and oxygen atoms in total.